The van der Waals surface area contributed by atoms with Gasteiger partial charge < -0.3 is 31.9 Å². The van der Waals surface area contributed by atoms with E-state index in [2.05, 4.69) is 0 Å². The number of phenolic OH excluding ortho intramolecular Hbond substituents is 2. The molecule has 2 rings (SSSR count). The lowest BCUT2D eigenvalue weighted by atomic mass is 9.92. The van der Waals surface area contributed by atoms with Crippen LogP contribution in [0.1, 0.15) is 11.1 Å². The van der Waals surface area contributed by atoms with E-state index in [1.807, 2.05) is 0 Å². The monoisotopic (exact) mass is 332 g/mol. The second-order valence-corrected chi connectivity index (χ2v) is 6.05. The quantitative estimate of drug-likeness (QED) is 0.431. The van der Waals surface area contributed by atoms with Gasteiger partial charge in [-0.05, 0) is 48.2 Å². The molecule has 130 valence electrons. The second-order valence-electron chi connectivity index (χ2n) is 6.05. The number of aromatic hydroxyl groups is 2. The van der Waals surface area contributed by atoms with Gasteiger partial charge in [0.2, 0.25) is 0 Å². The zero-order valence-electron chi connectivity index (χ0n) is 13.3. The third-order valence-electron chi connectivity index (χ3n) is 4.04. The SMILES string of the molecule is N[C@@H](Cc1ccc(O)cc1)[C@@H](O)[C@H](O)[C@@H](N)Cc1ccc(O)cc1. The lowest BCUT2D eigenvalue weighted by Crippen LogP contribution is -2.52. The van der Waals surface area contributed by atoms with Crippen LogP contribution in [0.4, 0.5) is 0 Å². The van der Waals surface area contributed by atoms with E-state index in [4.69, 9.17) is 11.5 Å². The number of benzene rings is 2. The van der Waals surface area contributed by atoms with E-state index in [-0.39, 0.29) is 11.5 Å². The molecule has 0 bridgehead atoms. The summed E-state index contributed by atoms with van der Waals surface area (Å²) in [5, 5.41) is 39.0. The fourth-order valence-corrected chi connectivity index (χ4v) is 2.56. The van der Waals surface area contributed by atoms with Crippen LogP contribution < -0.4 is 11.5 Å². The molecule has 8 N–H and O–H groups in total. The number of hydrogen-bond donors (Lipinski definition) is 6. The van der Waals surface area contributed by atoms with Crippen molar-refractivity contribution in [2.24, 2.45) is 11.5 Å². The smallest absolute Gasteiger partial charge is 0.115 e. The van der Waals surface area contributed by atoms with Gasteiger partial charge >= 0.3 is 0 Å². The summed E-state index contributed by atoms with van der Waals surface area (Å²) in [4.78, 5) is 0. The van der Waals surface area contributed by atoms with Crippen LogP contribution in [0.5, 0.6) is 11.5 Å². The Balaban J connectivity index is 1.92. The Hall–Kier alpha value is -2.12. The molecule has 0 radical (unpaired) electrons. The first-order valence-electron chi connectivity index (χ1n) is 7.80. The number of aliphatic hydroxyl groups excluding tert-OH is 2. The fourth-order valence-electron chi connectivity index (χ4n) is 2.56. The standard InChI is InChI=1S/C18H24N2O4/c19-15(9-11-1-5-13(21)6-2-11)17(23)18(24)16(20)10-12-3-7-14(22)8-4-12/h1-8,15-18,21-24H,9-10,19-20H2/t15-,16-,17+,18+/m0/s1. The average molecular weight is 332 g/mol. The highest BCUT2D eigenvalue weighted by Gasteiger charge is 2.28. The molecule has 0 heterocycles. The van der Waals surface area contributed by atoms with Crippen molar-refractivity contribution in [3.8, 4) is 11.5 Å². The van der Waals surface area contributed by atoms with Crippen LogP contribution in [0.3, 0.4) is 0 Å². The summed E-state index contributed by atoms with van der Waals surface area (Å²) in [7, 11) is 0. The van der Waals surface area contributed by atoms with Gasteiger partial charge in [0.05, 0.1) is 12.2 Å². The predicted molar refractivity (Wildman–Crippen MR) is 91.6 cm³/mol. The highest BCUT2D eigenvalue weighted by Crippen LogP contribution is 2.15. The molecule has 0 aromatic heterocycles. The van der Waals surface area contributed by atoms with Crippen LogP contribution in [0.2, 0.25) is 0 Å². The van der Waals surface area contributed by atoms with Gasteiger partial charge in [-0.25, -0.2) is 0 Å². The number of rotatable bonds is 7. The first-order chi connectivity index (χ1) is 11.4. The predicted octanol–water partition coefficient (Wildman–Crippen LogP) is 0.259. The van der Waals surface area contributed by atoms with E-state index in [1.54, 1.807) is 48.5 Å². The van der Waals surface area contributed by atoms with Crippen LogP contribution >= 0.6 is 0 Å². The van der Waals surface area contributed by atoms with Gasteiger partial charge in [-0.2, -0.15) is 0 Å². The van der Waals surface area contributed by atoms with Crippen LogP contribution in [0.25, 0.3) is 0 Å². The molecule has 0 aliphatic carbocycles. The first-order valence-corrected chi connectivity index (χ1v) is 7.80. The molecule has 6 nitrogen and oxygen atoms in total. The average Bonchev–Trinajstić information content (AvgIpc) is 2.57. The van der Waals surface area contributed by atoms with E-state index in [1.165, 1.54) is 0 Å². The van der Waals surface area contributed by atoms with Gasteiger partial charge in [0.25, 0.3) is 0 Å². The van der Waals surface area contributed by atoms with Gasteiger partial charge in [0.1, 0.15) is 11.5 Å². The van der Waals surface area contributed by atoms with E-state index in [0.717, 1.165) is 11.1 Å². The maximum absolute atomic E-state index is 10.3. The van der Waals surface area contributed by atoms with Crippen molar-refractivity contribution in [1.29, 1.82) is 0 Å². The summed E-state index contributed by atoms with van der Waals surface area (Å²) >= 11 is 0. The Morgan fingerprint density at radius 2 is 0.917 bits per heavy atom. The molecule has 0 aliphatic heterocycles. The maximum atomic E-state index is 10.3. The molecule has 2 aromatic carbocycles. The molecule has 0 saturated carbocycles. The molecular weight excluding hydrogens is 308 g/mol. The Kier molecular flexibility index (Phi) is 6.16. The number of aliphatic hydroxyl groups is 2. The largest absolute Gasteiger partial charge is 0.508 e. The minimum atomic E-state index is -1.18. The lowest BCUT2D eigenvalue weighted by Gasteiger charge is -2.28. The molecule has 0 spiro atoms. The minimum Gasteiger partial charge on any atom is -0.508 e. The third kappa shape index (κ3) is 4.94. The van der Waals surface area contributed by atoms with Crippen molar-refractivity contribution < 1.29 is 20.4 Å². The molecule has 0 unspecified atom stereocenters. The Labute approximate surface area is 141 Å². The molecule has 0 saturated heterocycles. The second kappa shape index (κ2) is 8.12. The summed E-state index contributed by atoms with van der Waals surface area (Å²) in [5.41, 5.74) is 13.6. The Bertz CT molecular complexity index is 573. The normalized spacial score (nSPS) is 16.3. The number of phenols is 2. The molecular formula is C18H24N2O4. The molecule has 24 heavy (non-hydrogen) atoms. The topological polar surface area (TPSA) is 133 Å². The van der Waals surface area contributed by atoms with Crippen LogP contribution in [-0.2, 0) is 12.8 Å². The summed E-state index contributed by atoms with van der Waals surface area (Å²) in [5.74, 6) is 0.313. The highest BCUT2D eigenvalue weighted by molar-refractivity contribution is 5.27. The molecule has 4 atom stereocenters. The summed E-state index contributed by atoms with van der Waals surface area (Å²) in [6.07, 6.45) is -1.65. The highest BCUT2D eigenvalue weighted by atomic mass is 16.3. The van der Waals surface area contributed by atoms with Crippen molar-refractivity contribution in [1.82, 2.24) is 0 Å². The van der Waals surface area contributed by atoms with Gasteiger partial charge in [-0.3, -0.25) is 0 Å². The van der Waals surface area contributed by atoms with Crippen molar-refractivity contribution in [3.05, 3.63) is 59.7 Å². The first kappa shape index (κ1) is 18.2. The maximum Gasteiger partial charge on any atom is 0.115 e. The zero-order chi connectivity index (χ0) is 17.7. The summed E-state index contributed by atoms with van der Waals surface area (Å²) in [6.45, 7) is 0. The molecule has 0 fully saturated rings. The van der Waals surface area contributed by atoms with E-state index >= 15 is 0 Å². The van der Waals surface area contributed by atoms with Gasteiger partial charge in [-0.15, -0.1) is 0 Å². The Morgan fingerprint density at radius 1 is 0.625 bits per heavy atom. The molecule has 2 aromatic rings. The van der Waals surface area contributed by atoms with Crippen LogP contribution in [0, 0.1) is 0 Å². The zero-order valence-corrected chi connectivity index (χ0v) is 13.3. The van der Waals surface area contributed by atoms with Crippen LogP contribution in [-0.4, -0.2) is 44.7 Å². The van der Waals surface area contributed by atoms with Crippen molar-refractivity contribution >= 4 is 0 Å². The lowest BCUT2D eigenvalue weighted by molar-refractivity contribution is -0.00976. The van der Waals surface area contributed by atoms with E-state index in [0.29, 0.717) is 12.8 Å². The summed E-state index contributed by atoms with van der Waals surface area (Å²) in [6, 6.07) is 11.7. The number of hydrogen-bond acceptors (Lipinski definition) is 6. The molecule has 6 heteroatoms. The van der Waals surface area contributed by atoms with Gasteiger partial charge in [-0.1, -0.05) is 24.3 Å². The van der Waals surface area contributed by atoms with E-state index in [9.17, 15) is 20.4 Å². The number of nitrogens with two attached hydrogens (primary N) is 2. The molecule has 0 amide bonds. The third-order valence-corrected chi connectivity index (χ3v) is 4.04. The minimum absolute atomic E-state index is 0.156. The van der Waals surface area contributed by atoms with Gasteiger partial charge in [0, 0.05) is 12.1 Å². The van der Waals surface area contributed by atoms with E-state index < -0.39 is 24.3 Å². The van der Waals surface area contributed by atoms with Crippen molar-refractivity contribution in [2.75, 3.05) is 0 Å². The molecule has 0 aliphatic rings. The summed E-state index contributed by atoms with van der Waals surface area (Å²) < 4.78 is 0. The van der Waals surface area contributed by atoms with Crippen molar-refractivity contribution in [3.63, 3.8) is 0 Å². The van der Waals surface area contributed by atoms with Gasteiger partial charge in [0.15, 0.2) is 0 Å². The van der Waals surface area contributed by atoms with Crippen molar-refractivity contribution in [2.45, 2.75) is 37.1 Å². The fraction of sp³-hybridized carbons (Fsp3) is 0.333. The van der Waals surface area contributed by atoms with Crippen LogP contribution in [0.15, 0.2) is 48.5 Å². The Morgan fingerprint density at radius 3 is 1.21 bits per heavy atom.